The first-order valence-corrected chi connectivity index (χ1v) is 10.9. The molecule has 35 heavy (non-hydrogen) atoms. The van der Waals surface area contributed by atoms with Gasteiger partial charge in [-0.15, -0.1) is 5.10 Å². The molecular weight excluding hydrogens is 470 g/mol. The number of amides is 3. The third-order valence-corrected chi connectivity index (χ3v) is 5.19. The van der Waals surface area contributed by atoms with Gasteiger partial charge in [0.05, 0.1) is 11.4 Å². The van der Waals surface area contributed by atoms with Gasteiger partial charge in [0.2, 0.25) is 5.91 Å². The maximum absolute atomic E-state index is 13.0. The molecule has 0 bridgehead atoms. The van der Waals surface area contributed by atoms with Gasteiger partial charge in [0.15, 0.2) is 0 Å². The fourth-order valence-corrected chi connectivity index (χ4v) is 3.46. The number of hydrogen-bond donors (Lipinski definition) is 3. The van der Waals surface area contributed by atoms with E-state index in [0.29, 0.717) is 16.4 Å². The maximum atomic E-state index is 13.0. The zero-order valence-corrected chi connectivity index (χ0v) is 19.0. The molecule has 3 N–H and O–H groups in total. The van der Waals surface area contributed by atoms with Crippen molar-refractivity contribution in [3.05, 3.63) is 95.8 Å². The Balaban J connectivity index is 1.51. The third-order valence-electron chi connectivity index (χ3n) is 4.95. The van der Waals surface area contributed by atoms with Crippen LogP contribution in [0.5, 0.6) is 0 Å². The van der Waals surface area contributed by atoms with Crippen molar-refractivity contribution in [1.82, 2.24) is 25.5 Å². The lowest BCUT2D eigenvalue weighted by atomic mass is 10.0. The summed E-state index contributed by atoms with van der Waals surface area (Å²) in [5, 5.41) is 19.1. The number of carbonyl (C=O) groups is 3. The van der Waals surface area contributed by atoms with Gasteiger partial charge in [-0.25, -0.2) is 0 Å². The molecule has 0 fully saturated rings. The first-order chi connectivity index (χ1) is 17.0. The quantitative estimate of drug-likeness (QED) is 0.342. The van der Waals surface area contributed by atoms with Gasteiger partial charge in [-0.05, 0) is 46.3 Å². The fourth-order valence-electron chi connectivity index (χ4n) is 3.29. The van der Waals surface area contributed by atoms with E-state index < -0.39 is 23.8 Å². The molecule has 0 spiro atoms. The molecule has 10 nitrogen and oxygen atoms in total. The highest BCUT2D eigenvalue weighted by molar-refractivity contribution is 6.40. The Hall–Kier alpha value is -4.57. The molecule has 0 radical (unpaired) electrons. The van der Waals surface area contributed by atoms with Gasteiger partial charge in [-0.2, -0.15) is 4.68 Å². The van der Waals surface area contributed by atoms with E-state index in [2.05, 4.69) is 31.5 Å². The SMILES string of the molecule is O=C(Nc1cc(Cl)ccc1-n1cnnn1)C(=O)NC(Cc1ccccc1)C(=O)Nc1ccccc1. The average molecular weight is 490 g/mol. The molecule has 1 unspecified atom stereocenters. The average Bonchev–Trinajstić information content (AvgIpc) is 3.39. The second kappa shape index (κ2) is 11.0. The van der Waals surface area contributed by atoms with E-state index >= 15 is 0 Å². The van der Waals surface area contributed by atoms with Crippen LogP contribution in [0.2, 0.25) is 5.02 Å². The summed E-state index contributed by atoms with van der Waals surface area (Å²) in [6, 6.07) is 21.7. The summed E-state index contributed by atoms with van der Waals surface area (Å²) in [4.78, 5) is 38.5. The standard InChI is InChI=1S/C24H20ClN7O3/c25-17-11-12-21(32-15-26-30-31-32)19(14-17)28-23(34)24(35)29-20(13-16-7-3-1-4-8-16)22(33)27-18-9-5-2-6-10-18/h1-12,14-15,20H,13H2,(H,27,33)(H,28,34)(H,29,35). The lowest BCUT2D eigenvalue weighted by molar-refractivity contribution is -0.137. The first kappa shape index (κ1) is 23.6. The molecule has 11 heteroatoms. The molecular formula is C24H20ClN7O3. The molecule has 1 atom stereocenters. The monoisotopic (exact) mass is 489 g/mol. The molecule has 3 aromatic carbocycles. The zero-order valence-electron chi connectivity index (χ0n) is 18.3. The van der Waals surface area contributed by atoms with Crippen molar-refractivity contribution >= 4 is 40.7 Å². The van der Waals surface area contributed by atoms with Gasteiger partial charge in [-0.1, -0.05) is 60.1 Å². The second-order valence-electron chi connectivity index (χ2n) is 7.44. The van der Waals surface area contributed by atoms with E-state index in [1.54, 1.807) is 36.4 Å². The maximum Gasteiger partial charge on any atom is 0.313 e. The van der Waals surface area contributed by atoms with Gasteiger partial charge in [-0.3, -0.25) is 14.4 Å². The number of halogens is 1. The minimum atomic E-state index is -1.01. The van der Waals surface area contributed by atoms with Crippen molar-refractivity contribution in [1.29, 1.82) is 0 Å². The fraction of sp³-hybridized carbons (Fsp3) is 0.0833. The Morgan fingerprint density at radius 2 is 1.60 bits per heavy atom. The molecule has 1 heterocycles. The molecule has 0 aliphatic rings. The normalized spacial score (nSPS) is 11.3. The zero-order chi connectivity index (χ0) is 24.6. The van der Waals surface area contributed by atoms with Crippen molar-refractivity contribution in [2.75, 3.05) is 10.6 Å². The van der Waals surface area contributed by atoms with Crippen LogP contribution in [-0.4, -0.2) is 44.0 Å². The van der Waals surface area contributed by atoms with Crippen molar-refractivity contribution in [2.24, 2.45) is 0 Å². The second-order valence-corrected chi connectivity index (χ2v) is 7.88. The van der Waals surface area contributed by atoms with E-state index in [0.717, 1.165) is 5.56 Å². The number of nitrogens with zero attached hydrogens (tertiary/aromatic N) is 4. The molecule has 3 amide bonds. The Morgan fingerprint density at radius 1 is 0.886 bits per heavy atom. The van der Waals surface area contributed by atoms with Crippen LogP contribution < -0.4 is 16.0 Å². The van der Waals surface area contributed by atoms with Crippen LogP contribution in [0.3, 0.4) is 0 Å². The Bertz CT molecular complexity index is 1320. The smallest absolute Gasteiger partial charge is 0.313 e. The summed E-state index contributed by atoms with van der Waals surface area (Å²) in [6.07, 6.45) is 1.52. The highest BCUT2D eigenvalue weighted by Crippen LogP contribution is 2.23. The highest BCUT2D eigenvalue weighted by atomic mass is 35.5. The summed E-state index contributed by atoms with van der Waals surface area (Å²) in [6.45, 7) is 0. The van der Waals surface area contributed by atoms with E-state index in [1.807, 2.05) is 36.4 Å². The van der Waals surface area contributed by atoms with Crippen molar-refractivity contribution in [3.63, 3.8) is 0 Å². The molecule has 1 aromatic heterocycles. The number of aromatic nitrogens is 4. The number of carbonyl (C=O) groups excluding carboxylic acids is 3. The molecule has 4 aromatic rings. The molecule has 0 aliphatic carbocycles. The van der Waals surface area contributed by atoms with E-state index in [4.69, 9.17) is 11.6 Å². The Kier molecular flexibility index (Phi) is 7.44. The Labute approximate surface area is 205 Å². The summed E-state index contributed by atoms with van der Waals surface area (Å²) in [5.74, 6) is -2.43. The van der Waals surface area contributed by atoms with Crippen LogP contribution in [0.15, 0.2) is 85.2 Å². The van der Waals surface area contributed by atoms with E-state index in [-0.39, 0.29) is 12.1 Å². The van der Waals surface area contributed by atoms with Crippen LogP contribution in [0.1, 0.15) is 5.56 Å². The summed E-state index contributed by atoms with van der Waals surface area (Å²) >= 11 is 6.07. The minimum absolute atomic E-state index is 0.186. The third kappa shape index (κ3) is 6.27. The summed E-state index contributed by atoms with van der Waals surface area (Å²) in [5.41, 5.74) is 2.01. The van der Waals surface area contributed by atoms with Crippen molar-refractivity contribution in [2.45, 2.75) is 12.5 Å². The summed E-state index contributed by atoms with van der Waals surface area (Å²) in [7, 11) is 0. The number of para-hydroxylation sites is 1. The van der Waals surface area contributed by atoms with Gasteiger partial charge < -0.3 is 16.0 Å². The summed E-state index contributed by atoms with van der Waals surface area (Å²) < 4.78 is 1.31. The number of hydrogen-bond acceptors (Lipinski definition) is 6. The van der Waals surface area contributed by atoms with Crippen molar-refractivity contribution < 1.29 is 14.4 Å². The van der Waals surface area contributed by atoms with Crippen molar-refractivity contribution in [3.8, 4) is 5.69 Å². The lowest BCUT2D eigenvalue weighted by Gasteiger charge is -2.19. The number of nitrogens with one attached hydrogen (secondary N) is 3. The Morgan fingerprint density at radius 3 is 2.29 bits per heavy atom. The molecule has 0 aliphatic heterocycles. The predicted molar refractivity (Wildman–Crippen MR) is 130 cm³/mol. The minimum Gasteiger partial charge on any atom is -0.336 e. The molecule has 4 rings (SSSR count). The van der Waals surface area contributed by atoms with Crippen LogP contribution in [0.25, 0.3) is 5.69 Å². The highest BCUT2D eigenvalue weighted by Gasteiger charge is 2.25. The number of rotatable bonds is 7. The van der Waals surface area contributed by atoms with Crippen LogP contribution in [0, 0.1) is 0 Å². The molecule has 0 saturated heterocycles. The predicted octanol–water partition coefficient (Wildman–Crippen LogP) is 2.62. The van der Waals surface area contributed by atoms with Crippen LogP contribution in [-0.2, 0) is 20.8 Å². The van der Waals surface area contributed by atoms with Gasteiger partial charge in [0, 0.05) is 17.1 Å². The van der Waals surface area contributed by atoms with Gasteiger partial charge in [0.1, 0.15) is 12.4 Å². The van der Waals surface area contributed by atoms with E-state index in [1.165, 1.54) is 17.1 Å². The number of tetrazole rings is 1. The number of benzene rings is 3. The van der Waals surface area contributed by atoms with Gasteiger partial charge in [0.25, 0.3) is 0 Å². The van der Waals surface area contributed by atoms with Crippen LogP contribution in [0.4, 0.5) is 11.4 Å². The topological polar surface area (TPSA) is 131 Å². The largest absolute Gasteiger partial charge is 0.336 e. The first-order valence-electron chi connectivity index (χ1n) is 10.5. The lowest BCUT2D eigenvalue weighted by Crippen LogP contribution is -2.49. The molecule has 176 valence electrons. The molecule has 0 saturated carbocycles. The van der Waals surface area contributed by atoms with E-state index in [9.17, 15) is 14.4 Å². The number of anilines is 2. The van der Waals surface area contributed by atoms with Gasteiger partial charge >= 0.3 is 11.8 Å². The van der Waals surface area contributed by atoms with Crippen LogP contribution >= 0.6 is 11.6 Å².